The van der Waals surface area contributed by atoms with Crippen LogP contribution in [0.25, 0.3) is 0 Å². The predicted molar refractivity (Wildman–Crippen MR) is 163 cm³/mol. The molecule has 41 heavy (non-hydrogen) atoms. The maximum atomic E-state index is 13.6. The molecule has 0 radical (unpaired) electrons. The second kappa shape index (κ2) is 10.4. The van der Waals surface area contributed by atoms with E-state index in [4.69, 9.17) is 4.98 Å². The summed E-state index contributed by atoms with van der Waals surface area (Å²) in [6.07, 6.45) is 2.73. The number of carbonyl (C=O) groups is 1. The SMILES string of the molecule is Cc1cccc(C)c1[C@H]1CC[C@@H]2CN(c3nc(C(C)(C)C)ccc3C(=O)NS(=O)(=O)c3cccc(n3)N1)C(C)(C)C2. The Labute approximate surface area is 244 Å². The minimum absolute atomic E-state index is 0.0589. The Bertz CT molecular complexity index is 1570. The quantitative estimate of drug-likeness (QED) is 0.363. The summed E-state index contributed by atoms with van der Waals surface area (Å²) >= 11 is 0. The number of aryl methyl sites for hydroxylation is 2. The Morgan fingerprint density at radius 2 is 1.63 bits per heavy atom. The number of fused-ring (bicyclic) bond motifs is 6. The number of hydrogen-bond acceptors (Lipinski definition) is 7. The Morgan fingerprint density at radius 3 is 2.32 bits per heavy atom. The fraction of sp³-hybridized carbons (Fsp3) is 0.469. The van der Waals surface area contributed by atoms with Gasteiger partial charge in [0.25, 0.3) is 15.9 Å². The molecule has 0 unspecified atom stereocenters. The van der Waals surface area contributed by atoms with Gasteiger partial charge in [0.15, 0.2) is 5.03 Å². The second-order valence-corrected chi connectivity index (χ2v) is 14.8. The largest absolute Gasteiger partial charge is 0.363 e. The fourth-order valence-corrected chi connectivity index (χ4v) is 7.26. The molecule has 0 aliphatic carbocycles. The third kappa shape index (κ3) is 5.82. The molecule has 0 spiro atoms. The zero-order valence-corrected chi connectivity index (χ0v) is 25.9. The highest BCUT2D eigenvalue weighted by Crippen LogP contribution is 2.41. The van der Waals surface area contributed by atoms with Gasteiger partial charge in [0.2, 0.25) is 0 Å². The van der Waals surface area contributed by atoms with Crippen LogP contribution >= 0.6 is 0 Å². The maximum Gasteiger partial charge on any atom is 0.281 e. The summed E-state index contributed by atoms with van der Waals surface area (Å²) in [6, 6.07) is 14.6. The average Bonchev–Trinajstić information content (AvgIpc) is 3.19. The molecule has 4 heterocycles. The van der Waals surface area contributed by atoms with Gasteiger partial charge in [-0.1, -0.05) is 45.0 Å². The molecule has 5 rings (SSSR count). The number of nitrogens with one attached hydrogen (secondary N) is 2. The molecule has 1 saturated heterocycles. The van der Waals surface area contributed by atoms with Gasteiger partial charge in [-0.3, -0.25) is 4.79 Å². The van der Waals surface area contributed by atoms with Gasteiger partial charge in [0, 0.05) is 23.2 Å². The summed E-state index contributed by atoms with van der Waals surface area (Å²) in [4.78, 5) is 25.3. The third-order valence-electron chi connectivity index (χ3n) is 8.41. The Balaban J connectivity index is 1.65. The first-order valence-corrected chi connectivity index (χ1v) is 15.8. The van der Waals surface area contributed by atoms with Crippen molar-refractivity contribution >= 4 is 27.6 Å². The molecular weight excluding hydrogens is 534 g/mol. The normalized spacial score (nSPS) is 22.1. The van der Waals surface area contributed by atoms with Crippen LogP contribution in [0.4, 0.5) is 11.6 Å². The van der Waals surface area contributed by atoms with Crippen molar-refractivity contribution in [3.05, 3.63) is 76.5 Å². The summed E-state index contributed by atoms with van der Waals surface area (Å²) in [6.45, 7) is 15.5. The van der Waals surface area contributed by atoms with Crippen LogP contribution in [0.1, 0.15) is 92.7 Å². The molecule has 4 bridgehead atoms. The molecule has 1 amide bonds. The summed E-state index contributed by atoms with van der Waals surface area (Å²) < 4.78 is 29.2. The highest BCUT2D eigenvalue weighted by Gasteiger charge is 2.41. The van der Waals surface area contributed by atoms with Gasteiger partial charge in [-0.05, 0) is 93.8 Å². The van der Waals surface area contributed by atoms with Crippen molar-refractivity contribution < 1.29 is 13.2 Å². The Hall–Kier alpha value is -3.46. The molecular formula is C32H41N5O3S. The maximum absolute atomic E-state index is 13.6. The minimum Gasteiger partial charge on any atom is -0.363 e. The third-order valence-corrected chi connectivity index (χ3v) is 9.64. The molecule has 218 valence electrons. The van der Waals surface area contributed by atoms with E-state index in [0.29, 0.717) is 17.6 Å². The first-order chi connectivity index (χ1) is 19.2. The molecule has 2 aromatic heterocycles. The second-order valence-electron chi connectivity index (χ2n) is 13.2. The monoisotopic (exact) mass is 575 g/mol. The molecule has 2 N–H and O–H groups in total. The van der Waals surface area contributed by atoms with Crippen molar-refractivity contribution in [2.45, 2.75) is 89.8 Å². The van der Waals surface area contributed by atoms with Crippen molar-refractivity contribution in [2.24, 2.45) is 5.92 Å². The smallest absolute Gasteiger partial charge is 0.281 e. The van der Waals surface area contributed by atoms with Gasteiger partial charge >= 0.3 is 0 Å². The van der Waals surface area contributed by atoms with E-state index in [0.717, 1.165) is 31.5 Å². The minimum atomic E-state index is -4.25. The van der Waals surface area contributed by atoms with Gasteiger partial charge < -0.3 is 10.2 Å². The fourth-order valence-electron chi connectivity index (χ4n) is 6.32. The van der Waals surface area contributed by atoms with E-state index in [2.05, 4.69) is 86.6 Å². The van der Waals surface area contributed by atoms with Crippen LogP contribution in [0.3, 0.4) is 0 Å². The van der Waals surface area contributed by atoms with Crippen LogP contribution in [0, 0.1) is 19.8 Å². The number of anilines is 2. The molecule has 2 aliphatic heterocycles. The molecule has 3 aromatic rings. The standard InChI is InChI=1S/C32H41N5O3S/c1-20-10-8-11-21(2)28(20)24-16-14-22-18-32(6,7)37(19-22)29-23(15-17-25(34-29)31(3,4)5)30(38)36-41(39,40)27-13-9-12-26(33-24)35-27/h8-13,15,17,22,24H,14,16,18-19H2,1-7H3,(H,33,35)(H,36,38)/t22-,24+/m0/s1. The van der Waals surface area contributed by atoms with Crippen LogP contribution in [0.15, 0.2) is 53.6 Å². The van der Waals surface area contributed by atoms with Gasteiger partial charge in [-0.25, -0.2) is 14.7 Å². The summed E-state index contributed by atoms with van der Waals surface area (Å²) in [5.74, 6) is 0.630. The topological polar surface area (TPSA) is 104 Å². The number of pyridine rings is 2. The van der Waals surface area contributed by atoms with Crippen LogP contribution in [0.2, 0.25) is 0 Å². The zero-order chi connectivity index (χ0) is 29.7. The Kier molecular flexibility index (Phi) is 7.39. The van der Waals surface area contributed by atoms with E-state index in [9.17, 15) is 13.2 Å². The van der Waals surface area contributed by atoms with E-state index >= 15 is 0 Å². The van der Waals surface area contributed by atoms with Gasteiger partial charge in [-0.2, -0.15) is 8.42 Å². The summed E-state index contributed by atoms with van der Waals surface area (Å²) in [7, 11) is -4.25. The summed E-state index contributed by atoms with van der Waals surface area (Å²) in [5.41, 5.74) is 4.14. The molecule has 2 atom stereocenters. The van der Waals surface area contributed by atoms with Crippen molar-refractivity contribution in [1.82, 2.24) is 14.7 Å². The number of hydrogen-bond donors (Lipinski definition) is 2. The lowest BCUT2D eigenvalue weighted by Crippen LogP contribution is -2.41. The van der Waals surface area contributed by atoms with Crippen LogP contribution in [-0.2, 0) is 15.4 Å². The van der Waals surface area contributed by atoms with E-state index in [1.54, 1.807) is 18.2 Å². The summed E-state index contributed by atoms with van der Waals surface area (Å²) in [5, 5.41) is 3.33. The first-order valence-electron chi connectivity index (χ1n) is 14.3. The van der Waals surface area contributed by atoms with Crippen LogP contribution in [-0.4, -0.2) is 36.4 Å². The number of benzene rings is 1. The van der Waals surface area contributed by atoms with Crippen molar-refractivity contribution in [2.75, 3.05) is 16.8 Å². The van der Waals surface area contributed by atoms with Crippen molar-refractivity contribution in [3.8, 4) is 0 Å². The van der Waals surface area contributed by atoms with Crippen LogP contribution < -0.4 is 14.9 Å². The molecule has 8 nitrogen and oxygen atoms in total. The predicted octanol–water partition coefficient (Wildman–Crippen LogP) is 6.06. The molecule has 1 aromatic carbocycles. The first kappa shape index (κ1) is 29.0. The number of nitrogens with zero attached hydrogens (tertiary/aromatic N) is 3. The lowest BCUT2D eigenvalue weighted by atomic mass is 9.88. The molecule has 2 aliphatic rings. The Morgan fingerprint density at radius 1 is 0.951 bits per heavy atom. The lowest BCUT2D eigenvalue weighted by molar-refractivity contribution is 0.0981. The highest BCUT2D eigenvalue weighted by molar-refractivity contribution is 7.90. The van der Waals surface area contributed by atoms with E-state index < -0.39 is 15.9 Å². The average molecular weight is 576 g/mol. The van der Waals surface area contributed by atoms with Crippen molar-refractivity contribution in [3.63, 3.8) is 0 Å². The highest BCUT2D eigenvalue weighted by atomic mass is 32.2. The van der Waals surface area contributed by atoms with E-state index in [1.165, 1.54) is 22.8 Å². The molecule has 0 saturated carbocycles. The van der Waals surface area contributed by atoms with Crippen molar-refractivity contribution in [1.29, 1.82) is 0 Å². The number of aromatic nitrogens is 2. The van der Waals surface area contributed by atoms with E-state index in [1.807, 2.05) is 6.07 Å². The molecule has 1 fully saturated rings. The zero-order valence-electron chi connectivity index (χ0n) is 25.1. The van der Waals surface area contributed by atoms with E-state index in [-0.39, 0.29) is 27.6 Å². The van der Waals surface area contributed by atoms with Crippen LogP contribution in [0.5, 0.6) is 0 Å². The van der Waals surface area contributed by atoms with Gasteiger partial charge in [-0.15, -0.1) is 0 Å². The molecule has 9 heteroatoms. The number of rotatable bonds is 1. The lowest BCUT2D eigenvalue weighted by Gasteiger charge is -2.34. The number of carbonyl (C=O) groups excluding carboxylic acids is 1. The van der Waals surface area contributed by atoms with Gasteiger partial charge in [0.1, 0.15) is 11.6 Å². The number of sulfonamides is 1. The number of amides is 1. The van der Waals surface area contributed by atoms with Gasteiger partial charge in [0.05, 0.1) is 11.6 Å².